The molecule has 4 nitrogen and oxygen atoms in total. The molecule has 0 fully saturated rings. The summed E-state index contributed by atoms with van der Waals surface area (Å²) in [5.74, 6) is 0.372. The van der Waals surface area contributed by atoms with Crippen LogP contribution >= 0.6 is 0 Å². The van der Waals surface area contributed by atoms with Crippen molar-refractivity contribution in [2.45, 2.75) is 19.8 Å². The van der Waals surface area contributed by atoms with Gasteiger partial charge in [-0.05, 0) is 13.3 Å². The number of nitriles is 1. The largest absolute Gasteiger partial charge is 0.477 e. The number of nitrogens with zero attached hydrogens (tertiary/aromatic N) is 2. The molecular formula is C12H16N2O2. The molecule has 16 heavy (non-hydrogen) atoms. The standard InChI is InChI=1S/C12H16N2O2/c1-3-16-12-11(9-13)5-4-7-15-8-6-10(2)14-12/h5H,2-4,6-8H2,1H3/b11-5-,14-12?. The zero-order valence-corrected chi connectivity index (χ0v) is 9.53. The van der Waals surface area contributed by atoms with Gasteiger partial charge in [0.2, 0.25) is 5.90 Å². The highest BCUT2D eigenvalue weighted by atomic mass is 16.5. The van der Waals surface area contributed by atoms with Gasteiger partial charge < -0.3 is 9.47 Å². The molecule has 0 amide bonds. The van der Waals surface area contributed by atoms with E-state index in [1.807, 2.05) is 6.92 Å². The molecule has 0 unspecified atom stereocenters. The van der Waals surface area contributed by atoms with Crippen molar-refractivity contribution in [1.29, 1.82) is 5.26 Å². The van der Waals surface area contributed by atoms with Crippen molar-refractivity contribution in [3.63, 3.8) is 0 Å². The third kappa shape index (κ3) is 3.87. The quantitative estimate of drug-likeness (QED) is 0.680. The Labute approximate surface area is 95.9 Å². The number of aliphatic imine (C=N–C) groups is 1. The van der Waals surface area contributed by atoms with Gasteiger partial charge in [0, 0.05) is 12.1 Å². The minimum Gasteiger partial charge on any atom is -0.477 e. The van der Waals surface area contributed by atoms with Gasteiger partial charge >= 0.3 is 0 Å². The van der Waals surface area contributed by atoms with E-state index in [0.717, 1.165) is 0 Å². The normalized spacial score (nSPS) is 21.4. The zero-order chi connectivity index (χ0) is 11.8. The fourth-order valence-corrected chi connectivity index (χ4v) is 1.27. The number of rotatable bonds is 1. The van der Waals surface area contributed by atoms with Crippen LogP contribution in [-0.2, 0) is 9.47 Å². The molecule has 1 aliphatic heterocycles. The molecule has 0 N–H and O–H groups in total. The lowest BCUT2D eigenvalue weighted by molar-refractivity contribution is 0.141. The van der Waals surface area contributed by atoms with Crippen molar-refractivity contribution in [3.8, 4) is 6.07 Å². The van der Waals surface area contributed by atoms with Crippen LogP contribution in [0.25, 0.3) is 0 Å². The van der Waals surface area contributed by atoms with E-state index in [1.54, 1.807) is 6.08 Å². The van der Waals surface area contributed by atoms with E-state index in [0.29, 0.717) is 49.8 Å². The van der Waals surface area contributed by atoms with Crippen LogP contribution < -0.4 is 0 Å². The fraction of sp³-hybridized carbons (Fsp3) is 0.500. The maximum absolute atomic E-state index is 9.00. The van der Waals surface area contributed by atoms with Crippen LogP contribution in [0.4, 0.5) is 0 Å². The van der Waals surface area contributed by atoms with Gasteiger partial charge in [0.25, 0.3) is 0 Å². The lowest BCUT2D eigenvalue weighted by Gasteiger charge is -2.10. The lowest BCUT2D eigenvalue weighted by atomic mass is 10.2. The summed E-state index contributed by atoms with van der Waals surface area (Å²) in [6, 6.07) is 2.08. The first kappa shape index (κ1) is 12.5. The van der Waals surface area contributed by atoms with E-state index < -0.39 is 0 Å². The summed E-state index contributed by atoms with van der Waals surface area (Å²) in [6.07, 6.45) is 3.14. The summed E-state index contributed by atoms with van der Waals surface area (Å²) in [6.45, 7) is 7.37. The Morgan fingerprint density at radius 1 is 1.62 bits per heavy atom. The van der Waals surface area contributed by atoms with Gasteiger partial charge in [0.05, 0.1) is 19.8 Å². The van der Waals surface area contributed by atoms with Gasteiger partial charge in [0.1, 0.15) is 11.6 Å². The van der Waals surface area contributed by atoms with E-state index in [9.17, 15) is 0 Å². The van der Waals surface area contributed by atoms with Gasteiger partial charge in [-0.1, -0.05) is 12.7 Å². The van der Waals surface area contributed by atoms with E-state index in [-0.39, 0.29) is 0 Å². The predicted molar refractivity (Wildman–Crippen MR) is 62.0 cm³/mol. The molecule has 86 valence electrons. The summed E-state index contributed by atoms with van der Waals surface area (Å²) in [4.78, 5) is 4.21. The molecule has 1 heterocycles. The molecule has 0 saturated carbocycles. The maximum atomic E-state index is 9.00. The number of hydrogen-bond acceptors (Lipinski definition) is 4. The molecule has 0 radical (unpaired) electrons. The van der Waals surface area contributed by atoms with Crippen LogP contribution in [0.1, 0.15) is 19.8 Å². The highest BCUT2D eigenvalue weighted by molar-refractivity contribution is 5.97. The zero-order valence-electron chi connectivity index (χ0n) is 9.53. The molecule has 0 aromatic heterocycles. The van der Waals surface area contributed by atoms with Crippen molar-refractivity contribution in [1.82, 2.24) is 0 Å². The van der Waals surface area contributed by atoms with Crippen molar-refractivity contribution < 1.29 is 9.47 Å². The van der Waals surface area contributed by atoms with Gasteiger partial charge in [-0.2, -0.15) is 5.26 Å². The molecule has 1 aliphatic rings. The van der Waals surface area contributed by atoms with Crippen LogP contribution in [0.3, 0.4) is 0 Å². The van der Waals surface area contributed by atoms with E-state index in [1.165, 1.54) is 0 Å². The van der Waals surface area contributed by atoms with E-state index >= 15 is 0 Å². The molecule has 4 heteroatoms. The third-order valence-corrected chi connectivity index (χ3v) is 2.04. The Morgan fingerprint density at radius 3 is 3.12 bits per heavy atom. The molecular weight excluding hydrogens is 204 g/mol. The molecule has 1 rings (SSSR count). The van der Waals surface area contributed by atoms with E-state index in [4.69, 9.17) is 14.7 Å². The second-order valence-electron chi connectivity index (χ2n) is 3.30. The summed E-state index contributed by atoms with van der Waals surface area (Å²) >= 11 is 0. The Balaban J connectivity index is 2.93. The second-order valence-corrected chi connectivity index (χ2v) is 3.30. The second kappa shape index (κ2) is 6.81. The Morgan fingerprint density at radius 2 is 2.44 bits per heavy atom. The van der Waals surface area contributed by atoms with Crippen molar-refractivity contribution in [3.05, 3.63) is 23.9 Å². The molecule has 0 atom stereocenters. The summed E-state index contributed by atoms with van der Waals surface area (Å²) in [7, 11) is 0. The SMILES string of the molecule is C=C1CCOCC/C=C(/C#N)C(OCC)=N1. The highest BCUT2D eigenvalue weighted by Gasteiger charge is 2.09. The summed E-state index contributed by atoms with van der Waals surface area (Å²) in [5.41, 5.74) is 1.13. The van der Waals surface area contributed by atoms with Crippen LogP contribution in [0.2, 0.25) is 0 Å². The summed E-state index contributed by atoms with van der Waals surface area (Å²) in [5, 5.41) is 9.00. The minimum absolute atomic E-state index is 0.372. The first-order valence-corrected chi connectivity index (χ1v) is 5.35. The molecule has 0 saturated heterocycles. The first-order chi connectivity index (χ1) is 7.77. The highest BCUT2D eigenvalue weighted by Crippen LogP contribution is 2.10. The molecule has 0 aliphatic carbocycles. The number of ether oxygens (including phenoxy) is 2. The molecule has 0 aromatic carbocycles. The summed E-state index contributed by atoms with van der Waals surface area (Å²) < 4.78 is 10.7. The van der Waals surface area contributed by atoms with Gasteiger partial charge in [-0.3, -0.25) is 0 Å². The van der Waals surface area contributed by atoms with Crippen LogP contribution in [0.15, 0.2) is 28.9 Å². The number of hydrogen-bond donors (Lipinski definition) is 0. The third-order valence-electron chi connectivity index (χ3n) is 2.04. The van der Waals surface area contributed by atoms with Crippen molar-refractivity contribution >= 4 is 5.90 Å². The van der Waals surface area contributed by atoms with E-state index in [2.05, 4.69) is 17.6 Å². The van der Waals surface area contributed by atoms with Crippen molar-refractivity contribution in [2.75, 3.05) is 19.8 Å². The topological polar surface area (TPSA) is 54.6 Å². The maximum Gasteiger partial charge on any atom is 0.231 e. The molecule has 0 spiro atoms. The van der Waals surface area contributed by atoms with Crippen molar-refractivity contribution in [2.24, 2.45) is 4.99 Å². The Hall–Kier alpha value is -1.60. The average molecular weight is 220 g/mol. The smallest absolute Gasteiger partial charge is 0.231 e. The van der Waals surface area contributed by atoms with Gasteiger partial charge in [0.15, 0.2) is 0 Å². The monoisotopic (exact) mass is 220 g/mol. The van der Waals surface area contributed by atoms with Crippen LogP contribution in [0.5, 0.6) is 0 Å². The van der Waals surface area contributed by atoms with Crippen LogP contribution in [0, 0.1) is 11.3 Å². The first-order valence-electron chi connectivity index (χ1n) is 5.35. The Bertz CT molecular complexity index is 351. The fourth-order valence-electron chi connectivity index (χ4n) is 1.27. The lowest BCUT2D eigenvalue weighted by Crippen LogP contribution is -2.10. The average Bonchev–Trinajstić information content (AvgIpc) is 2.28. The molecule has 0 aromatic rings. The Kier molecular flexibility index (Phi) is 5.30. The molecule has 0 bridgehead atoms. The predicted octanol–water partition coefficient (Wildman–Crippen LogP) is 2.20. The van der Waals surface area contributed by atoms with Crippen LogP contribution in [-0.4, -0.2) is 25.7 Å². The van der Waals surface area contributed by atoms with Gasteiger partial charge in [-0.25, -0.2) is 4.99 Å². The van der Waals surface area contributed by atoms with Gasteiger partial charge in [-0.15, -0.1) is 0 Å². The minimum atomic E-state index is 0.372.